The molecule has 1 aromatic heterocycles. The van der Waals surface area contributed by atoms with Crippen LogP contribution in [0.5, 0.6) is 0 Å². The van der Waals surface area contributed by atoms with Gasteiger partial charge in [-0.2, -0.15) is 0 Å². The number of carbonyl (C=O) groups is 1. The van der Waals surface area contributed by atoms with Gasteiger partial charge in [-0.25, -0.2) is 4.98 Å². The summed E-state index contributed by atoms with van der Waals surface area (Å²) in [4.78, 5) is 15.3. The lowest BCUT2D eigenvalue weighted by Crippen LogP contribution is -2.28. The van der Waals surface area contributed by atoms with E-state index in [2.05, 4.69) is 37.5 Å². The first kappa shape index (κ1) is 11.7. The highest BCUT2D eigenvalue weighted by Crippen LogP contribution is 2.09. The van der Waals surface area contributed by atoms with Gasteiger partial charge in [0.1, 0.15) is 5.82 Å². The van der Waals surface area contributed by atoms with Crippen molar-refractivity contribution in [3.63, 3.8) is 0 Å². The van der Waals surface area contributed by atoms with Gasteiger partial charge in [0.05, 0.1) is 13.1 Å². The van der Waals surface area contributed by atoms with Crippen molar-refractivity contribution in [1.29, 1.82) is 0 Å². The smallest absolute Gasteiger partial charge is 0.239 e. The van der Waals surface area contributed by atoms with E-state index in [9.17, 15) is 4.79 Å². The van der Waals surface area contributed by atoms with Crippen LogP contribution in [-0.4, -0.2) is 24.0 Å². The average Bonchev–Trinajstić information content (AvgIpc) is 2.22. The number of nitrogens with zero attached hydrogens (tertiary/aromatic N) is 1. The van der Waals surface area contributed by atoms with Gasteiger partial charge in [-0.1, -0.05) is 5.92 Å². The van der Waals surface area contributed by atoms with Crippen LogP contribution in [0.4, 0.5) is 5.82 Å². The second-order valence-corrected chi connectivity index (χ2v) is 3.63. The van der Waals surface area contributed by atoms with Crippen molar-refractivity contribution in [2.75, 3.05) is 18.4 Å². The number of anilines is 1. The molecule has 0 fully saturated rings. The lowest BCUT2D eigenvalue weighted by molar-refractivity contribution is -0.115. The third-order valence-corrected chi connectivity index (χ3v) is 1.98. The fraction of sp³-hybridized carbons (Fsp3) is 0.200. The highest BCUT2D eigenvalue weighted by molar-refractivity contribution is 9.10. The molecular weight excluding hydrogens is 258 g/mol. The van der Waals surface area contributed by atoms with Crippen molar-refractivity contribution in [1.82, 2.24) is 10.3 Å². The third kappa shape index (κ3) is 4.58. The van der Waals surface area contributed by atoms with Gasteiger partial charge in [0, 0.05) is 10.7 Å². The van der Waals surface area contributed by atoms with Gasteiger partial charge in [0.25, 0.3) is 0 Å². The fourth-order valence-corrected chi connectivity index (χ4v) is 1.12. The van der Waals surface area contributed by atoms with Crippen LogP contribution >= 0.6 is 15.9 Å². The number of terminal acetylenes is 1. The lowest BCUT2D eigenvalue weighted by atomic mass is 10.4. The Bertz CT molecular complexity index is 369. The number of nitrogens with one attached hydrogen (secondary N) is 2. The van der Waals surface area contributed by atoms with E-state index in [1.807, 2.05) is 0 Å². The van der Waals surface area contributed by atoms with Crippen molar-refractivity contribution in [3.8, 4) is 12.3 Å². The maximum atomic E-state index is 11.3. The summed E-state index contributed by atoms with van der Waals surface area (Å²) in [6, 6.07) is 3.51. The Balaban J connectivity index is 2.38. The molecule has 5 heteroatoms. The van der Waals surface area contributed by atoms with E-state index in [0.717, 1.165) is 4.47 Å². The molecule has 1 aromatic rings. The standard InChI is InChI=1S/C10H10BrN3O/c1-2-5-12-7-10(15)14-9-4-3-8(11)6-13-9/h1,3-4,6,12H,5,7H2,(H,13,14,15). The van der Waals surface area contributed by atoms with Gasteiger partial charge in [-0.15, -0.1) is 6.42 Å². The molecule has 0 aromatic carbocycles. The van der Waals surface area contributed by atoms with E-state index in [1.54, 1.807) is 18.3 Å². The van der Waals surface area contributed by atoms with Crippen LogP contribution in [-0.2, 0) is 4.79 Å². The number of amides is 1. The molecule has 0 saturated carbocycles. The Hall–Kier alpha value is -1.38. The molecule has 1 amide bonds. The zero-order chi connectivity index (χ0) is 11.1. The van der Waals surface area contributed by atoms with Crippen molar-refractivity contribution in [3.05, 3.63) is 22.8 Å². The first-order valence-corrected chi connectivity index (χ1v) is 5.07. The number of rotatable bonds is 4. The SMILES string of the molecule is C#CCNCC(=O)Nc1ccc(Br)cn1. The Kier molecular flexibility index (Phi) is 4.81. The number of hydrogen-bond donors (Lipinski definition) is 2. The van der Waals surface area contributed by atoms with Crippen LogP contribution in [0.3, 0.4) is 0 Å². The summed E-state index contributed by atoms with van der Waals surface area (Å²) in [6.45, 7) is 0.559. The molecule has 0 radical (unpaired) electrons. The summed E-state index contributed by atoms with van der Waals surface area (Å²) in [5.74, 6) is 2.73. The maximum Gasteiger partial charge on any atom is 0.239 e. The van der Waals surface area contributed by atoms with E-state index in [4.69, 9.17) is 6.42 Å². The number of aromatic nitrogens is 1. The number of pyridine rings is 1. The molecule has 15 heavy (non-hydrogen) atoms. The van der Waals surface area contributed by atoms with E-state index < -0.39 is 0 Å². The molecule has 4 nitrogen and oxygen atoms in total. The molecule has 78 valence electrons. The molecule has 0 bridgehead atoms. The summed E-state index contributed by atoms with van der Waals surface area (Å²) in [5.41, 5.74) is 0. The Morgan fingerprint density at radius 2 is 2.40 bits per heavy atom. The maximum absolute atomic E-state index is 11.3. The summed E-state index contributed by atoms with van der Waals surface area (Å²) in [7, 11) is 0. The normalized spacial score (nSPS) is 9.33. The highest BCUT2D eigenvalue weighted by atomic mass is 79.9. The minimum atomic E-state index is -0.167. The minimum Gasteiger partial charge on any atom is -0.310 e. The van der Waals surface area contributed by atoms with Crippen LogP contribution in [0.2, 0.25) is 0 Å². The van der Waals surface area contributed by atoms with Crippen molar-refractivity contribution < 1.29 is 4.79 Å². The molecule has 0 atom stereocenters. The first-order chi connectivity index (χ1) is 7.22. The van der Waals surface area contributed by atoms with E-state index in [0.29, 0.717) is 12.4 Å². The van der Waals surface area contributed by atoms with Crippen LogP contribution in [0.15, 0.2) is 22.8 Å². The van der Waals surface area contributed by atoms with Gasteiger partial charge in [0.2, 0.25) is 5.91 Å². The van der Waals surface area contributed by atoms with E-state index in [-0.39, 0.29) is 12.5 Å². The second kappa shape index (κ2) is 6.17. The Morgan fingerprint density at radius 3 is 3.00 bits per heavy atom. The molecule has 0 saturated heterocycles. The van der Waals surface area contributed by atoms with Crippen LogP contribution in [0.25, 0.3) is 0 Å². The van der Waals surface area contributed by atoms with Gasteiger partial charge in [-0.05, 0) is 28.1 Å². The number of hydrogen-bond acceptors (Lipinski definition) is 3. The Morgan fingerprint density at radius 1 is 1.60 bits per heavy atom. The predicted octanol–water partition coefficient (Wildman–Crippen LogP) is 1.01. The zero-order valence-electron chi connectivity index (χ0n) is 7.96. The first-order valence-electron chi connectivity index (χ1n) is 4.28. The summed E-state index contributed by atoms with van der Waals surface area (Å²) >= 11 is 3.25. The van der Waals surface area contributed by atoms with Crippen molar-refractivity contribution >= 4 is 27.7 Å². The fourth-order valence-electron chi connectivity index (χ4n) is 0.885. The molecule has 1 rings (SSSR count). The molecule has 0 unspecified atom stereocenters. The molecule has 2 N–H and O–H groups in total. The number of halogens is 1. The van der Waals surface area contributed by atoms with Crippen molar-refractivity contribution in [2.24, 2.45) is 0 Å². The molecule has 0 aliphatic carbocycles. The topological polar surface area (TPSA) is 54.0 Å². The van der Waals surface area contributed by atoms with Crippen LogP contribution < -0.4 is 10.6 Å². The summed E-state index contributed by atoms with van der Waals surface area (Å²) < 4.78 is 0.867. The minimum absolute atomic E-state index is 0.167. The third-order valence-electron chi connectivity index (χ3n) is 1.51. The molecular formula is C10H10BrN3O. The predicted molar refractivity (Wildman–Crippen MR) is 62.3 cm³/mol. The molecule has 0 aliphatic rings. The largest absolute Gasteiger partial charge is 0.310 e. The summed E-state index contributed by atoms with van der Waals surface area (Å²) in [6.07, 6.45) is 6.64. The molecule has 0 aliphatic heterocycles. The molecule has 0 spiro atoms. The summed E-state index contributed by atoms with van der Waals surface area (Å²) in [5, 5.41) is 5.41. The second-order valence-electron chi connectivity index (χ2n) is 2.72. The Labute approximate surface area is 96.6 Å². The highest BCUT2D eigenvalue weighted by Gasteiger charge is 2.01. The van der Waals surface area contributed by atoms with Gasteiger partial charge in [-0.3, -0.25) is 10.1 Å². The van der Waals surface area contributed by atoms with Gasteiger partial charge in [0.15, 0.2) is 0 Å². The molecule has 1 heterocycles. The van der Waals surface area contributed by atoms with Crippen molar-refractivity contribution in [2.45, 2.75) is 0 Å². The zero-order valence-corrected chi connectivity index (χ0v) is 9.54. The monoisotopic (exact) mass is 267 g/mol. The average molecular weight is 268 g/mol. The van der Waals surface area contributed by atoms with Gasteiger partial charge < -0.3 is 5.32 Å². The van der Waals surface area contributed by atoms with Gasteiger partial charge >= 0.3 is 0 Å². The lowest BCUT2D eigenvalue weighted by Gasteiger charge is -2.03. The number of carbonyl (C=O) groups excluding carboxylic acids is 1. The van der Waals surface area contributed by atoms with Crippen LogP contribution in [0, 0.1) is 12.3 Å². The van der Waals surface area contributed by atoms with Crippen LogP contribution in [0.1, 0.15) is 0 Å². The quantitative estimate of drug-likeness (QED) is 0.633. The van der Waals surface area contributed by atoms with E-state index in [1.165, 1.54) is 0 Å². The van der Waals surface area contributed by atoms with E-state index >= 15 is 0 Å².